The smallest absolute Gasteiger partial charge is 0.206 e. The Balaban J connectivity index is 1.88. The maximum atomic E-state index is 5.44. The molecule has 0 aromatic carbocycles. The number of nitrogens with two attached hydrogens (primary N) is 1. The first-order valence-corrected chi connectivity index (χ1v) is 5.91. The molecule has 0 bridgehead atoms. The average molecular weight is 234 g/mol. The van der Waals surface area contributed by atoms with Gasteiger partial charge in [-0.3, -0.25) is 5.43 Å². The number of rotatable bonds is 3. The van der Waals surface area contributed by atoms with Crippen LogP contribution in [-0.4, -0.2) is 22.0 Å². The molecule has 0 saturated heterocycles. The van der Waals surface area contributed by atoms with Gasteiger partial charge in [-0.05, 0) is 18.9 Å². The number of hydrogen-bond donors (Lipinski definition) is 3. The van der Waals surface area contributed by atoms with Crippen molar-refractivity contribution in [3.05, 3.63) is 24.3 Å². The van der Waals surface area contributed by atoms with E-state index < -0.39 is 0 Å². The van der Waals surface area contributed by atoms with Crippen molar-refractivity contribution in [2.24, 2.45) is 10.8 Å². The number of nitrogens with zero attached hydrogens (tertiary/aromatic N) is 3. The maximum absolute atomic E-state index is 5.44. The molecule has 2 rings (SSSR count). The van der Waals surface area contributed by atoms with E-state index in [-0.39, 0.29) is 0 Å². The molecule has 1 aromatic heterocycles. The predicted octanol–water partition coefficient (Wildman–Crippen LogP) is 0.328. The standard InChI is InChI=1S/C11H18N6/c12-17-11(16-9-3-1-2-4-9)14-7-10-5-6-13-8-15-10/h5-6,8-9H,1-4,7,12H2,(H2,14,16,17). The third-order valence-corrected chi connectivity index (χ3v) is 2.88. The van der Waals surface area contributed by atoms with Crippen LogP contribution >= 0.6 is 0 Å². The Morgan fingerprint density at radius 1 is 1.47 bits per heavy atom. The van der Waals surface area contributed by atoms with Crippen LogP contribution in [0.4, 0.5) is 0 Å². The summed E-state index contributed by atoms with van der Waals surface area (Å²) in [5.74, 6) is 6.07. The van der Waals surface area contributed by atoms with Crippen molar-refractivity contribution in [1.29, 1.82) is 0 Å². The number of aromatic nitrogens is 2. The molecule has 1 aliphatic carbocycles. The molecular weight excluding hydrogens is 216 g/mol. The van der Waals surface area contributed by atoms with Gasteiger partial charge in [0.15, 0.2) is 0 Å². The highest BCUT2D eigenvalue weighted by molar-refractivity contribution is 5.79. The molecule has 6 heteroatoms. The molecule has 0 radical (unpaired) electrons. The molecule has 1 saturated carbocycles. The van der Waals surface area contributed by atoms with Crippen molar-refractivity contribution >= 4 is 5.96 Å². The molecular formula is C11H18N6. The molecule has 1 fully saturated rings. The van der Waals surface area contributed by atoms with Crippen molar-refractivity contribution in [2.75, 3.05) is 0 Å². The first-order valence-electron chi connectivity index (χ1n) is 5.91. The number of aliphatic imine (C=N–C) groups is 1. The van der Waals surface area contributed by atoms with Crippen LogP contribution in [0, 0.1) is 0 Å². The molecule has 4 N–H and O–H groups in total. The van der Waals surface area contributed by atoms with Crippen molar-refractivity contribution in [2.45, 2.75) is 38.3 Å². The van der Waals surface area contributed by atoms with Gasteiger partial charge in [-0.15, -0.1) is 0 Å². The third kappa shape index (κ3) is 3.67. The predicted molar refractivity (Wildman–Crippen MR) is 65.9 cm³/mol. The molecule has 92 valence electrons. The Labute approximate surface area is 101 Å². The van der Waals surface area contributed by atoms with Crippen molar-refractivity contribution in [3.8, 4) is 0 Å². The number of nitrogens with one attached hydrogen (secondary N) is 2. The summed E-state index contributed by atoms with van der Waals surface area (Å²) in [5, 5.41) is 3.31. The minimum absolute atomic E-state index is 0.496. The van der Waals surface area contributed by atoms with E-state index in [1.54, 1.807) is 6.20 Å². The van der Waals surface area contributed by atoms with E-state index in [9.17, 15) is 0 Å². The lowest BCUT2D eigenvalue weighted by molar-refractivity contribution is 0.614. The Hall–Kier alpha value is -1.69. The molecule has 1 aliphatic rings. The van der Waals surface area contributed by atoms with E-state index in [0.29, 0.717) is 18.5 Å². The van der Waals surface area contributed by atoms with E-state index in [1.165, 1.54) is 32.0 Å². The molecule has 1 aromatic rings. The van der Waals surface area contributed by atoms with Gasteiger partial charge in [0.25, 0.3) is 0 Å². The minimum Gasteiger partial charge on any atom is -0.353 e. The molecule has 0 aliphatic heterocycles. The van der Waals surface area contributed by atoms with Crippen molar-refractivity contribution in [3.63, 3.8) is 0 Å². The Morgan fingerprint density at radius 2 is 2.29 bits per heavy atom. The van der Waals surface area contributed by atoms with Crippen LogP contribution in [0.3, 0.4) is 0 Å². The van der Waals surface area contributed by atoms with Gasteiger partial charge in [0.2, 0.25) is 5.96 Å². The van der Waals surface area contributed by atoms with E-state index in [1.807, 2.05) is 6.07 Å². The zero-order valence-corrected chi connectivity index (χ0v) is 9.76. The van der Waals surface area contributed by atoms with Gasteiger partial charge < -0.3 is 5.32 Å². The first-order chi connectivity index (χ1) is 8.38. The van der Waals surface area contributed by atoms with Crippen LogP contribution in [0.25, 0.3) is 0 Å². The summed E-state index contributed by atoms with van der Waals surface area (Å²) in [6, 6.07) is 2.34. The van der Waals surface area contributed by atoms with Crippen molar-refractivity contribution in [1.82, 2.24) is 20.7 Å². The van der Waals surface area contributed by atoms with Crippen LogP contribution in [0.15, 0.2) is 23.6 Å². The fourth-order valence-electron chi connectivity index (χ4n) is 1.97. The monoisotopic (exact) mass is 234 g/mol. The summed E-state index contributed by atoms with van der Waals surface area (Å²) in [4.78, 5) is 12.3. The van der Waals surface area contributed by atoms with Gasteiger partial charge in [0.1, 0.15) is 6.33 Å². The summed E-state index contributed by atoms with van der Waals surface area (Å²) < 4.78 is 0. The zero-order valence-electron chi connectivity index (χ0n) is 9.76. The SMILES string of the molecule is NNC(=NCc1ccncn1)NC1CCCC1. The van der Waals surface area contributed by atoms with Gasteiger partial charge in [0.05, 0.1) is 12.2 Å². The van der Waals surface area contributed by atoms with Gasteiger partial charge in [-0.1, -0.05) is 12.8 Å². The van der Waals surface area contributed by atoms with E-state index >= 15 is 0 Å². The first kappa shape index (κ1) is 11.8. The third-order valence-electron chi connectivity index (χ3n) is 2.88. The Morgan fingerprint density at radius 3 is 2.94 bits per heavy atom. The normalized spacial score (nSPS) is 17.1. The van der Waals surface area contributed by atoms with E-state index in [0.717, 1.165) is 5.69 Å². The second kappa shape index (κ2) is 6.15. The lowest BCUT2D eigenvalue weighted by atomic mass is 10.2. The largest absolute Gasteiger partial charge is 0.353 e. The van der Waals surface area contributed by atoms with Gasteiger partial charge in [-0.2, -0.15) is 0 Å². The lowest BCUT2D eigenvalue weighted by Gasteiger charge is -2.14. The summed E-state index contributed by atoms with van der Waals surface area (Å²) in [6.07, 6.45) is 8.16. The minimum atomic E-state index is 0.496. The molecule has 0 spiro atoms. The van der Waals surface area contributed by atoms with E-state index in [2.05, 4.69) is 25.7 Å². The van der Waals surface area contributed by atoms with Crippen LogP contribution in [0.2, 0.25) is 0 Å². The van der Waals surface area contributed by atoms with Crippen LogP contribution in [0.5, 0.6) is 0 Å². The van der Waals surface area contributed by atoms with Crippen LogP contribution < -0.4 is 16.6 Å². The zero-order chi connectivity index (χ0) is 11.9. The topological polar surface area (TPSA) is 88.2 Å². The summed E-state index contributed by atoms with van der Waals surface area (Å²) in [5.41, 5.74) is 3.47. The van der Waals surface area contributed by atoms with E-state index in [4.69, 9.17) is 5.84 Å². The van der Waals surface area contributed by atoms with Gasteiger partial charge in [0, 0.05) is 12.2 Å². The number of hydrogen-bond acceptors (Lipinski definition) is 4. The molecule has 0 atom stereocenters. The van der Waals surface area contributed by atoms with Crippen LogP contribution in [0.1, 0.15) is 31.4 Å². The Bertz CT molecular complexity index is 357. The van der Waals surface area contributed by atoms with Crippen LogP contribution in [-0.2, 0) is 6.54 Å². The highest BCUT2D eigenvalue weighted by Crippen LogP contribution is 2.17. The average Bonchev–Trinajstić information content (AvgIpc) is 2.88. The number of hydrazine groups is 1. The van der Waals surface area contributed by atoms with Gasteiger partial charge >= 0.3 is 0 Å². The molecule has 1 heterocycles. The van der Waals surface area contributed by atoms with Gasteiger partial charge in [-0.25, -0.2) is 20.8 Å². The second-order valence-electron chi connectivity index (χ2n) is 4.14. The lowest BCUT2D eigenvalue weighted by Crippen LogP contribution is -2.45. The molecule has 6 nitrogen and oxygen atoms in total. The quantitative estimate of drug-likeness (QED) is 0.303. The number of guanidine groups is 1. The fourth-order valence-corrected chi connectivity index (χ4v) is 1.97. The molecule has 0 unspecified atom stereocenters. The fraction of sp³-hybridized carbons (Fsp3) is 0.545. The second-order valence-corrected chi connectivity index (χ2v) is 4.14. The Kier molecular flexibility index (Phi) is 4.26. The highest BCUT2D eigenvalue weighted by Gasteiger charge is 2.15. The maximum Gasteiger partial charge on any atom is 0.206 e. The molecule has 0 amide bonds. The summed E-state index contributed by atoms with van der Waals surface area (Å²) in [7, 11) is 0. The van der Waals surface area contributed by atoms with Crippen molar-refractivity contribution < 1.29 is 0 Å². The summed E-state index contributed by atoms with van der Waals surface area (Å²) >= 11 is 0. The molecule has 17 heavy (non-hydrogen) atoms. The highest BCUT2D eigenvalue weighted by atomic mass is 15.3. The summed E-state index contributed by atoms with van der Waals surface area (Å²) in [6.45, 7) is 0.502.